The van der Waals surface area contributed by atoms with Gasteiger partial charge in [0.1, 0.15) is 6.54 Å². The lowest BCUT2D eigenvalue weighted by Gasteiger charge is -2.36. The molecular weight excluding hydrogens is 216 g/mol. The second-order valence-corrected chi connectivity index (χ2v) is 5.64. The number of sulfonamides is 1. The Morgan fingerprint density at radius 1 is 1.20 bits per heavy atom. The Labute approximate surface area is 92.7 Å². The zero-order valence-electron chi connectivity index (χ0n) is 9.86. The molecule has 0 spiro atoms. The summed E-state index contributed by atoms with van der Waals surface area (Å²) in [5, 5.41) is 8.97. The molecule has 0 bridgehead atoms. The van der Waals surface area contributed by atoms with Crippen LogP contribution in [0.25, 0.3) is 0 Å². The van der Waals surface area contributed by atoms with E-state index in [0.29, 0.717) is 13.1 Å². The van der Waals surface area contributed by atoms with Crippen LogP contribution < -0.4 is 4.72 Å². The van der Waals surface area contributed by atoms with Gasteiger partial charge in [-0.05, 0) is 13.8 Å². The minimum absolute atomic E-state index is 0.139. The Kier molecular flexibility index (Phi) is 6.35. The number of aliphatic hydroxyl groups is 1. The normalized spacial score (nSPS) is 13.1. The Hall–Kier alpha value is -0.170. The second-order valence-electron chi connectivity index (χ2n) is 3.81. The van der Waals surface area contributed by atoms with Gasteiger partial charge in [0.15, 0.2) is 0 Å². The standard InChI is InChI=1S/C9H23N2O3S/c1-4-11(5-2,8-9-12)7-6-10-15(3,13)14/h10,12H,4-9H2,1-3H3/q+1. The molecule has 0 aliphatic rings. The number of nitrogens with one attached hydrogen (secondary N) is 1. The third-order valence-corrected chi connectivity index (χ3v) is 3.59. The monoisotopic (exact) mass is 239 g/mol. The first-order chi connectivity index (χ1) is 6.89. The summed E-state index contributed by atoms with van der Waals surface area (Å²) >= 11 is 0. The molecule has 0 radical (unpaired) electrons. The first kappa shape index (κ1) is 14.8. The van der Waals surface area contributed by atoms with Crippen molar-refractivity contribution in [2.75, 3.05) is 45.6 Å². The van der Waals surface area contributed by atoms with E-state index in [1.807, 2.05) is 0 Å². The Morgan fingerprint density at radius 3 is 2.07 bits per heavy atom. The third kappa shape index (κ3) is 6.09. The summed E-state index contributed by atoms with van der Waals surface area (Å²) in [6.45, 7) is 7.89. The first-order valence-corrected chi connectivity index (χ1v) is 7.19. The van der Waals surface area contributed by atoms with Crippen molar-refractivity contribution in [1.82, 2.24) is 4.72 Å². The minimum Gasteiger partial charge on any atom is -0.391 e. The number of nitrogens with zero attached hydrogens (tertiary/aromatic N) is 1. The van der Waals surface area contributed by atoms with Gasteiger partial charge in [-0.3, -0.25) is 0 Å². The molecule has 0 aliphatic heterocycles. The predicted molar refractivity (Wildman–Crippen MR) is 61.0 cm³/mol. The maximum absolute atomic E-state index is 10.9. The summed E-state index contributed by atoms with van der Waals surface area (Å²) < 4.78 is 25.0. The van der Waals surface area contributed by atoms with Gasteiger partial charge in [-0.2, -0.15) is 0 Å². The molecule has 0 aromatic rings. The zero-order valence-corrected chi connectivity index (χ0v) is 10.7. The van der Waals surface area contributed by atoms with Gasteiger partial charge >= 0.3 is 0 Å². The van der Waals surface area contributed by atoms with Crippen molar-refractivity contribution in [2.24, 2.45) is 0 Å². The number of hydrogen-bond acceptors (Lipinski definition) is 3. The van der Waals surface area contributed by atoms with Crippen molar-refractivity contribution in [1.29, 1.82) is 0 Å². The van der Waals surface area contributed by atoms with Crippen molar-refractivity contribution < 1.29 is 18.0 Å². The highest BCUT2D eigenvalue weighted by atomic mass is 32.2. The van der Waals surface area contributed by atoms with E-state index in [1.54, 1.807) is 0 Å². The van der Waals surface area contributed by atoms with Crippen molar-refractivity contribution in [2.45, 2.75) is 13.8 Å². The summed E-state index contributed by atoms with van der Waals surface area (Å²) in [5.41, 5.74) is 0. The van der Waals surface area contributed by atoms with E-state index in [1.165, 1.54) is 0 Å². The molecule has 0 atom stereocenters. The number of rotatable bonds is 8. The fourth-order valence-corrected chi connectivity index (χ4v) is 2.11. The van der Waals surface area contributed by atoms with E-state index in [0.717, 1.165) is 30.4 Å². The van der Waals surface area contributed by atoms with Gasteiger partial charge in [0.2, 0.25) is 10.0 Å². The topological polar surface area (TPSA) is 66.4 Å². The summed E-state index contributed by atoms with van der Waals surface area (Å²) in [7, 11) is -3.10. The molecule has 0 saturated carbocycles. The average Bonchev–Trinajstić information content (AvgIpc) is 2.14. The number of likely N-dealkylation sites (N-methyl/N-ethyl adjacent to an activating group) is 1. The number of aliphatic hydroxyl groups excluding tert-OH is 1. The molecule has 0 fully saturated rings. The lowest BCUT2D eigenvalue weighted by molar-refractivity contribution is -0.924. The smallest absolute Gasteiger partial charge is 0.208 e. The summed E-state index contributed by atoms with van der Waals surface area (Å²) in [6, 6.07) is 0. The van der Waals surface area contributed by atoms with Crippen LogP contribution in [-0.2, 0) is 10.0 Å². The van der Waals surface area contributed by atoms with Crippen LogP contribution in [0.4, 0.5) is 0 Å². The zero-order chi connectivity index (χ0) is 11.9. The molecule has 0 aromatic heterocycles. The predicted octanol–water partition coefficient (Wildman–Crippen LogP) is -0.615. The molecule has 0 aliphatic carbocycles. The molecule has 5 nitrogen and oxygen atoms in total. The third-order valence-electron chi connectivity index (χ3n) is 2.87. The van der Waals surface area contributed by atoms with Crippen LogP contribution in [0.15, 0.2) is 0 Å². The molecule has 0 amide bonds. The molecule has 0 aromatic carbocycles. The van der Waals surface area contributed by atoms with Gasteiger partial charge in [-0.25, -0.2) is 13.1 Å². The Bertz CT molecular complexity index is 261. The average molecular weight is 239 g/mol. The molecule has 2 N–H and O–H groups in total. The van der Waals surface area contributed by atoms with Gasteiger partial charge in [0, 0.05) is 0 Å². The SMILES string of the molecule is CC[N+](CC)(CCO)CCNS(C)(=O)=O. The molecule has 0 unspecified atom stereocenters. The second kappa shape index (κ2) is 6.42. The molecule has 92 valence electrons. The summed E-state index contributed by atoms with van der Waals surface area (Å²) in [6.07, 6.45) is 1.16. The van der Waals surface area contributed by atoms with Gasteiger partial charge in [0.05, 0.1) is 39.0 Å². The van der Waals surface area contributed by atoms with Crippen molar-refractivity contribution in [3.63, 3.8) is 0 Å². The van der Waals surface area contributed by atoms with Crippen molar-refractivity contribution >= 4 is 10.0 Å². The van der Waals surface area contributed by atoms with Crippen molar-refractivity contribution in [3.05, 3.63) is 0 Å². The largest absolute Gasteiger partial charge is 0.391 e. The Morgan fingerprint density at radius 2 is 1.73 bits per heavy atom. The van der Waals surface area contributed by atoms with Gasteiger partial charge in [0.25, 0.3) is 0 Å². The van der Waals surface area contributed by atoms with Crippen molar-refractivity contribution in [3.8, 4) is 0 Å². The Balaban J connectivity index is 4.18. The van der Waals surface area contributed by atoms with Crippen LogP contribution in [0.2, 0.25) is 0 Å². The maximum Gasteiger partial charge on any atom is 0.208 e. The fourth-order valence-electron chi connectivity index (χ4n) is 1.65. The summed E-state index contributed by atoms with van der Waals surface area (Å²) in [4.78, 5) is 0. The lowest BCUT2D eigenvalue weighted by atomic mass is 10.3. The van der Waals surface area contributed by atoms with Gasteiger partial charge in [-0.1, -0.05) is 0 Å². The highest BCUT2D eigenvalue weighted by molar-refractivity contribution is 7.88. The lowest BCUT2D eigenvalue weighted by Crippen LogP contribution is -2.53. The molecule has 0 heterocycles. The highest BCUT2D eigenvalue weighted by Crippen LogP contribution is 2.04. The van der Waals surface area contributed by atoms with Crippen LogP contribution in [0.1, 0.15) is 13.8 Å². The maximum atomic E-state index is 10.9. The summed E-state index contributed by atoms with van der Waals surface area (Å²) in [5.74, 6) is 0. The fraction of sp³-hybridized carbons (Fsp3) is 1.00. The van der Waals surface area contributed by atoms with E-state index in [2.05, 4.69) is 18.6 Å². The van der Waals surface area contributed by atoms with E-state index in [-0.39, 0.29) is 6.61 Å². The molecule has 6 heteroatoms. The highest BCUT2D eigenvalue weighted by Gasteiger charge is 2.22. The van der Waals surface area contributed by atoms with Crippen LogP contribution >= 0.6 is 0 Å². The molecule has 0 saturated heterocycles. The van der Waals surface area contributed by atoms with Crippen LogP contribution in [0, 0.1) is 0 Å². The van der Waals surface area contributed by atoms with Crippen LogP contribution in [0.3, 0.4) is 0 Å². The van der Waals surface area contributed by atoms with Crippen LogP contribution in [-0.4, -0.2) is 63.6 Å². The minimum atomic E-state index is -3.10. The molecule has 0 rings (SSSR count). The van der Waals surface area contributed by atoms with E-state index in [4.69, 9.17) is 5.11 Å². The van der Waals surface area contributed by atoms with E-state index in [9.17, 15) is 8.42 Å². The molecular formula is C9H23N2O3S+. The van der Waals surface area contributed by atoms with Crippen LogP contribution in [0.5, 0.6) is 0 Å². The van der Waals surface area contributed by atoms with E-state index >= 15 is 0 Å². The van der Waals surface area contributed by atoms with Gasteiger partial charge < -0.3 is 9.59 Å². The first-order valence-electron chi connectivity index (χ1n) is 5.29. The van der Waals surface area contributed by atoms with E-state index < -0.39 is 10.0 Å². The number of quaternary nitrogens is 1. The molecule has 15 heavy (non-hydrogen) atoms. The van der Waals surface area contributed by atoms with Gasteiger partial charge in [-0.15, -0.1) is 0 Å². The quantitative estimate of drug-likeness (QED) is 0.555. The number of hydrogen-bond donors (Lipinski definition) is 2.